The first-order valence-corrected chi connectivity index (χ1v) is 5.45. The second-order valence-corrected chi connectivity index (χ2v) is 5.09. The first-order valence-electron chi connectivity index (χ1n) is 5.45. The Morgan fingerprint density at radius 2 is 2.25 bits per heavy atom. The molecule has 0 saturated carbocycles. The van der Waals surface area contributed by atoms with Crippen molar-refractivity contribution in [3.8, 4) is 12.3 Å². The van der Waals surface area contributed by atoms with Gasteiger partial charge in [0.25, 0.3) is 0 Å². The maximum absolute atomic E-state index is 11.7. The molecule has 0 aromatic rings. The van der Waals surface area contributed by atoms with Gasteiger partial charge in [-0.25, -0.2) is 4.79 Å². The Morgan fingerprint density at radius 1 is 1.62 bits per heavy atom. The highest BCUT2D eigenvalue weighted by Crippen LogP contribution is 2.21. The van der Waals surface area contributed by atoms with E-state index in [1.165, 1.54) is 0 Å². The second-order valence-electron chi connectivity index (χ2n) is 5.09. The molecule has 0 bridgehead atoms. The summed E-state index contributed by atoms with van der Waals surface area (Å²) < 4.78 is 5.24. The SMILES string of the molecule is C#C[C@H](O)[C@@H]1CCN(C(=O)OC(C)(C)C)C1. The number of likely N-dealkylation sites (tertiary alicyclic amines) is 1. The van der Waals surface area contributed by atoms with Crippen LogP contribution in [0.5, 0.6) is 0 Å². The Balaban J connectivity index is 2.48. The van der Waals surface area contributed by atoms with Gasteiger partial charge in [-0.1, -0.05) is 5.92 Å². The van der Waals surface area contributed by atoms with E-state index < -0.39 is 11.7 Å². The molecular formula is C12H19NO3. The van der Waals surface area contributed by atoms with Crippen LogP contribution in [0.25, 0.3) is 0 Å². The summed E-state index contributed by atoms with van der Waals surface area (Å²) in [6.07, 6.45) is 4.76. The molecule has 1 aliphatic rings. The summed E-state index contributed by atoms with van der Waals surface area (Å²) in [4.78, 5) is 13.3. The van der Waals surface area contributed by atoms with Crippen LogP contribution in [0.1, 0.15) is 27.2 Å². The fraction of sp³-hybridized carbons (Fsp3) is 0.750. The molecule has 1 N–H and O–H groups in total. The minimum Gasteiger partial charge on any atom is -0.444 e. The number of rotatable bonds is 1. The number of nitrogens with zero attached hydrogens (tertiary/aromatic N) is 1. The zero-order valence-electron chi connectivity index (χ0n) is 10.1. The molecule has 1 fully saturated rings. The summed E-state index contributed by atoms with van der Waals surface area (Å²) in [5.41, 5.74) is -0.486. The summed E-state index contributed by atoms with van der Waals surface area (Å²) in [7, 11) is 0. The Hall–Kier alpha value is -1.21. The smallest absolute Gasteiger partial charge is 0.410 e. The number of carbonyl (C=O) groups is 1. The van der Waals surface area contributed by atoms with Gasteiger partial charge in [0.2, 0.25) is 0 Å². The molecule has 2 atom stereocenters. The first kappa shape index (κ1) is 12.9. The molecule has 4 nitrogen and oxygen atoms in total. The normalized spacial score (nSPS) is 22.7. The third-order valence-electron chi connectivity index (χ3n) is 2.49. The van der Waals surface area contributed by atoms with Crippen molar-refractivity contribution >= 4 is 6.09 Å². The molecule has 16 heavy (non-hydrogen) atoms. The van der Waals surface area contributed by atoms with Crippen LogP contribution in [0.15, 0.2) is 0 Å². The van der Waals surface area contributed by atoms with Gasteiger partial charge in [0, 0.05) is 19.0 Å². The standard InChI is InChI=1S/C12H19NO3/c1-5-10(14)9-6-7-13(8-9)11(15)16-12(2,3)4/h1,9-10,14H,6-8H2,2-4H3/t9-,10+/m1/s1. The number of carbonyl (C=O) groups excluding carboxylic acids is 1. The van der Waals surface area contributed by atoms with Crippen molar-refractivity contribution in [3.63, 3.8) is 0 Å². The topological polar surface area (TPSA) is 49.8 Å². The average molecular weight is 225 g/mol. The number of hydrogen-bond acceptors (Lipinski definition) is 3. The maximum Gasteiger partial charge on any atom is 0.410 e. The van der Waals surface area contributed by atoms with Crippen molar-refractivity contribution in [2.75, 3.05) is 13.1 Å². The molecule has 1 rings (SSSR count). The monoisotopic (exact) mass is 225 g/mol. The van der Waals surface area contributed by atoms with E-state index in [9.17, 15) is 9.90 Å². The van der Waals surface area contributed by atoms with Crippen molar-refractivity contribution in [2.45, 2.75) is 38.9 Å². The van der Waals surface area contributed by atoms with Gasteiger partial charge in [-0.3, -0.25) is 0 Å². The maximum atomic E-state index is 11.7. The van der Waals surface area contributed by atoms with Crippen molar-refractivity contribution < 1.29 is 14.6 Å². The molecule has 1 heterocycles. The average Bonchev–Trinajstić information content (AvgIpc) is 2.62. The van der Waals surface area contributed by atoms with E-state index in [0.717, 1.165) is 6.42 Å². The van der Waals surface area contributed by atoms with Gasteiger partial charge in [-0.15, -0.1) is 6.42 Å². The Morgan fingerprint density at radius 3 is 2.75 bits per heavy atom. The van der Waals surface area contributed by atoms with Crippen molar-refractivity contribution in [1.29, 1.82) is 0 Å². The summed E-state index contributed by atoms with van der Waals surface area (Å²) >= 11 is 0. The molecule has 1 aliphatic heterocycles. The van der Waals surface area contributed by atoms with Crippen LogP contribution >= 0.6 is 0 Å². The Labute approximate surface area is 96.6 Å². The Kier molecular flexibility index (Phi) is 3.82. The minimum absolute atomic E-state index is 0.0301. The molecule has 1 saturated heterocycles. The molecule has 4 heteroatoms. The largest absolute Gasteiger partial charge is 0.444 e. The summed E-state index contributed by atoms with van der Waals surface area (Å²) in [5, 5.41) is 9.47. The molecule has 0 aliphatic carbocycles. The predicted molar refractivity (Wildman–Crippen MR) is 60.8 cm³/mol. The zero-order valence-corrected chi connectivity index (χ0v) is 10.1. The molecular weight excluding hydrogens is 206 g/mol. The summed E-state index contributed by atoms with van der Waals surface area (Å²) in [6.45, 7) is 6.55. The van der Waals surface area contributed by atoms with E-state index in [-0.39, 0.29) is 12.0 Å². The van der Waals surface area contributed by atoms with Crippen LogP contribution in [0.3, 0.4) is 0 Å². The van der Waals surface area contributed by atoms with Crippen LogP contribution in [-0.2, 0) is 4.74 Å². The van der Waals surface area contributed by atoms with Crippen LogP contribution in [0.4, 0.5) is 4.79 Å². The van der Waals surface area contributed by atoms with Gasteiger partial charge in [0.1, 0.15) is 11.7 Å². The molecule has 0 aromatic heterocycles. The first-order chi connectivity index (χ1) is 7.33. The molecule has 0 aromatic carbocycles. The number of hydrogen-bond donors (Lipinski definition) is 1. The van der Waals surface area contributed by atoms with Crippen molar-refractivity contribution in [2.24, 2.45) is 5.92 Å². The molecule has 0 radical (unpaired) electrons. The number of terminal acetylenes is 1. The highest BCUT2D eigenvalue weighted by Gasteiger charge is 2.32. The van der Waals surface area contributed by atoms with Gasteiger partial charge >= 0.3 is 6.09 Å². The van der Waals surface area contributed by atoms with E-state index in [2.05, 4.69) is 5.92 Å². The van der Waals surface area contributed by atoms with Crippen LogP contribution in [0.2, 0.25) is 0 Å². The van der Waals surface area contributed by atoms with Crippen LogP contribution < -0.4 is 0 Å². The lowest BCUT2D eigenvalue weighted by Gasteiger charge is -2.24. The van der Waals surface area contributed by atoms with E-state index >= 15 is 0 Å². The van der Waals surface area contributed by atoms with E-state index in [4.69, 9.17) is 11.2 Å². The lowest BCUT2D eigenvalue weighted by Crippen LogP contribution is -2.36. The fourth-order valence-corrected chi connectivity index (χ4v) is 1.67. The number of ether oxygens (including phenoxy) is 1. The van der Waals surface area contributed by atoms with E-state index in [1.54, 1.807) is 4.90 Å². The third kappa shape index (κ3) is 3.42. The fourth-order valence-electron chi connectivity index (χ4n) is 1.67. The predicted octanol–water partition coefficient (Wildman–Crippen LogP) is 1.24. The number of amides is 1. The van der Waals surface area contributed by atoms with Crippen LogP contribution in [-0.4, -0.2) is 40.9 Å². The van der Waals surface area contributed by atoms with Gasteiger partial charge in [0.05, 0.1) is 0 Å². The summed E-state index contributed by atoms with van der Waals surface area (Å²) in [6, 6.07) is 0. The van der Waals surface area contributed by atoms with E-state index in [1.807, 2.05) is 20.8 Å². The highest BCUT2D eigenvalue weighted by molar-refractivity contribution is 5.68. The number of aliphatic hydroxyl groups is 1. The molecule has 90 valence electrons. The lowest BCUT2D eigenvalue weighted by molar-refractivity contribution is 0.0278. The second kappa shape index (κ2) is 4.75. The molecule has 0 spiro atoms. The van der Waals surface area contributed by atoms with Gasteiger partial charge in [-0.05, 0) is 27.2 Å². The Bertz CT molecular complexity index is 300. The van der Waals surface area contributed by atoms with Crippen LogP contribution in [0, 0.1) is 18.3 Å². The quantitative estimate of drug-likeness (QED) is 0.683. The minimum atomic E-state index is -0.771. The van der Waals surface area contributed by atoms with Gasteiger partial charge < -0.3 is 14.7 Å². The van der Waals surface area contributed by atoms with Gasteiger partial charge in [-0.2, -0.15) is 0 Å². The third-order valence-corrected chi connectivity index (χ3v) is 2.49. The van der Waals surface area contributed by atoms with Crippen molar-refractivity contribution in [3.05, 3.63) is 0 Å². The molecule has 1 amide bonds. The molecule has 0 unspecified atom stereocenters. The lowest BCUT2D eigenvalue weighted by atomic mass is 10.0. The zero-order chi connectivity index (χ0) is 12.3. The van der Waals surface area contributed by atoms with Crippen molar-refractivity contribution in [1.82, 2.24) is 4.90 Å². The van der Waals surface area contributed by atoms with E-state index in [0.29, 0.717) is 13.1 Å². The van der Waals surface area contributed by atoms with Gasteiger partial charge in [0.15, 0.2) is 0 Å². The highest BCUT2D eigenvalue weighted by atomic mass is 16.6. The number of aliphatic hydroxyl groups excluding tert-OH is 1. The summed E-state index contributed by atoms with van der Waals surface area (Å²) in [5.74, 6) is 2.26.